The van der Waals surface area contributed by atoms with Gasteiger partial charge in [0, 0.05) is 48.4 Å². The average molecular weight is 618 g/mol. The smallest absolute Gasteiger partial charge is 0.265 e. The van der Waals surface area contributed by atoms with Crippen molar-refractivity contribution in [1.82, 2.24) is 10.6 Å². The second-order valence-electron chi connectivity index (χ2n) is 10.3. The lowest BCUT2D eigenvalue weighted by molar-refractivity contribution is -0.121. The molecule has 2 heterocycles. The molecule has 8 nitrogen and oxygen atoms in total. The highest BCUT2D eigenvalue weighted by Crippen LogP contribution is 2.45. The van der Waals surface area contributed by atoms with Gasteiger partial charge in [0.05, 0.1) is 21.4 Å². The number of amides is 2. The fourth-order valence-electron chi connectivity index (χ4n) is 5.31. The van der Waals surface area contributed by atoms with Crippen molar-refractivity contribution in [3.05, 3.63) is 82.8 Å². The molecule has 2 amide bonds. The summed E-state index contributed by atoms with van der Waals surface area (Å²) >= 11 is 14.1. The number of halogens is 2. The van der Waals surface area contributed by atoms with Gasteiger partial charge in [-0.25, -0.2) is 0 Å². The molecule has 0 unspecified atom stereocenters. The van der Waals surface area contributed by atoms with E-state index in [0.29, 0.717) is 40.3 Å². The van der Waals surface area contributed by atoms with Gasteiger partial charge in [-0.2, -0.15) is 0 Å². The predicted molar refractivity (Wildman–Crippen MR) is 172 cm³/mol. The van der Waals surface area contributed by atoms with E-state index in [1.54, 1.807) is 4.90 Å². The third-order valence-electron chi connectivity index (χ3n) is 7.49. The second kappa shape index (κ2) is 12.7. The Hall–Kier alpha value is -4.08. The standard InChI is InChI=1S/C33H30Cl2N4O4/c1-36-12-13-37-14-15-39-27-11-9-21(17-29(27)43-19-31(39)41)23-5-3-7-25(33(23)35)24-6-2-4-22(32(24)34)20-8-10-26-28(16-20)42-18-30(40)38-26/h2-11,16-17,36-37H,12-15,18-19H2,1H3,(H,38,40). The fraction of sp³-hybridized carbons (Fsp3) is 0.212. The van der Waals surface area contributed by atoms with Crippen LogP contribution in [0, 0.1) is 0 Å². The number of nitrogens with one attached hydrogen (secondary N) is 3. The molecule has 4 aromatic carbocycles. The molecular weight excluding hydrogens is 587 g/mol. The highest BCUT2D eigenvalue weighted by atomic mass is 35.5. The van der Waals surface area contributed by atoms with E-state index in [1.165, 1.54) is 0 Å². The van der Waals surface area contributed by atoms with Crippen LogP contribution in [0.5, 0.6) is 11.5 Å². The summed E-state index contributed by atoms with van der Waals surface area (Å²) in [6.07, 6.45) is 0. The van der Waals surface area contributed by atoms with Gasteiger partial charge in [0.15, 0.2) is 13.2 Å². The Morgan fingerprint density at radius 1 is 0.767 bits per heavy atom. The SMILES string of the molecule is CNCCNCCN1C(=O)COc2cc(-c3cccc(-c4cccc(-c5ccc6c(c5)OCC(=O)N6)c4Cl)c3Cl)ccc21. The molecule has 2 aliphatic rings. The number of rotatable bonds is 9. The Labute approximate surface area is 259 Å². The Balaban J connectivity index is 1.30. The number of fused-ring (bicyclic) bond motifs is 2. The van der Waals surface area contributed by atoms with E-state index < -0.39 is 0 Å². The van der Waals surface area contributed by atoms with Gasteiger partial charge in [-0.05, 0) is 42.4 Å². The van der Waals surface area contributed by atoms with E-state index in [4.69, 9.17) is 32.7 Å². The van der Waals surface area contributed by atoms with Gasteiger partial charge in [-0.15, -0.1) is 0 Å². The summed E-state index contributed by atoms with van der Waals surface area (Å²) in [5, 5.41) is 10.3. The van der Waals surface area contributed by atoms with Crippen molar-refractivity contribution in [2.24, 2.45) is 0 Å². The minimum Gasteiger partial charge on any atom is -0.482 e. The van der Waals surface area contributed by atoms with Crippen LogP contribution in [0.2, 0.25) is 10.0 Å². The van der Waals surface area contributed by atoms with Gasteiger partial charge >= 0.3 is 0 Å². The lowest BCUT2D eigenvalue weighted by Crippen LogP contribution is -2.43. The molecule has 0 aliphatic carbocycles. The van der Waals surface area contributed by atoms with Crippen molar-refractivity contribution >= 4 is 46.4 Å². The van der Waals surface area contributed by atoms with Crippen LogP contribution in [0.4, 0.5) is 11.4 Å². The van der Waals surface area contributed by atoms with Crippen molar-refractivity contribution in [3.8, 4) is 44.9 Å². The number of benzene rings is 4. The summed E-state index contributed by atoms with van der Waals surface area (Å²) in [6, 6.07) is 23.0. The molecular formula is C33H30Cl2N4O4. The second-order valence-corrected chi connectivity index (χ2v) is 11.0. The Morgan fingerprint density at radius 2 is 1.40 bits per heavy atom. The van der Waals surface area contributed by atoms with Crippen molar-refractivity contribution in [2.75, 3.05) is 56.7 Å². The number of carbonyl (C=O) groups excluding carboxylic acids is 2. The molecule has 3 N–H and O–H groups in total. The van der Waals surface area contributed by atoms with Crippen LogP contribution in [0.3, 0.4) is 0 Å². The summed E-state index contributed by atoms with van der Waals surface area (Å²) < 4.78 is 11.4. The zero-order valence-corrected chi connectivity index (χ0v) is 25.0. The maximum Gasteiger partial charge on any atom is 0.265 e. The third-order valence-corrected chi connectivity index (χ3v) is 8.31. The molecule has 10 heteroatoms. The van der Waals surface area contributed by atoms with Gasteiger partial charge in [-0.1, -0.05) is 71.7 Å². The summed E-state index contributed by atoms with van der Waals surface area (Å²) in [7, 11) is 1.91. The van der Waals surface area contributed by atoms with Crippen LogP contribution in [-0.4, -0.2) is 58.3 Å². The van der Waals surface area contributed by atoms with E-state index in [9.17, 15) is 9.59 Å². The number of ether oxygens (including phenoxy) is 2. The molecule has 220 valence electrons. The lowest BCUT2D eigenvalue weighted by Gasteiger charge is -2.30. The van der Waals surface area contributed by atoms with E-state index in [0.717, 1.165) is 52.2 Å². The molecule has 0 spiro atoms. The highest BCUT2D eigenvalue weighted by molar-refractivity contribution is 6.39. The largest absolute Gasteiger partial charge is 0.482 e. The molecule has 0 saturated heterocycles. The molecule has 4 aromatic rings. The number of likely N-dealkylation sites (N-methyl/N-ethyl adjacent to an activating group) is 1. The van der Waals surface area contributed by atoms with Gasteiger partial charge in [0.25, 0.3) is 11.8 Å². The van der Waals surface area contributed by atoms with Crippen molar-refractivity contribution in [1.29, 1.82) is 0 Å². The average Bonchev–Trinajstić information content (AvgIpc) is 3.02. The maximum absolute atomic E-state index is 12.6. The normalized spacial score (nSPS) is 14.0. The first-order valence-corrected chi connectivity index (χ1v) is 14.8. The van der Waals surface area contributed by atoms with E-state index >= 15 is 0 Å². The molecule has 0 fully saturated rings. The van der Waals surface area contributed by atoms with Crippen LogP contribution in [-0.2, 0) is 9.59 Å². The van der Waals surface area contributed by atoms with Gasteiger partial charge in [0.2, 0.25) is 0 Å². The summed E-state index contributed by atoms with van der Waals surface area (Å²) in [4.78, 5) is 26.1. The predicted octanol–water partition coefficient (Wildman–Crippen LogP) is 5.86. The Bertz CT molecular complexity index is 1710. The number of anilines is 2. The zero-order chi connectivity index (χ0) is 29.9. The molecule has 2 aliphatic heterocycles. The van der Waals surface area contributed by atoms with Crippen LogP contribution in [0.1, 0.15) is 0 Å². The van der Waals surface area contributed by atoms with Gasteiger partial charge < -0.3 is 30.3 Å². The van der Waals surface area contributed by atoms with E-state index in [2.05, 4.69) is 16.0 Å². The first-order valence-electron chi connectivity index (χ1n) is 14.0. The van der Waals surface area contributed by atoms with E-state index in [-0.39, 0.29) is 25.0 Å². The first kappa shape index (κ1) is 29.0. The monoisotopic (exact) mass is 616 g/mol. The molecule has 0 radical (unpaired) electrons. The highest BCUT2D eigenvalue weighted by Gasteiger charge is 2.26. The zero-order valence-electron chi connectivity index (χ0n) is 23.5. The van der Waals surface area contributed by atoms with Crippen LogP contribution >= 0.6 is 23.2 Å². The molecule has 6 rings (SSSR count). The number of hydrogen-bond acceptors (Lipinski definition) is 6. The first-order chi connectivity index (χ1) is 20.9. The van der Waals surface area contributed by atoms with Crippen molar-refractivity contribution in [2.45, 2.75) is 0 Å². The minimum absolute atomic E-state index is 0.0107. The van der Waals surface area contributed by atoms with Crippen LogP contribution in [0.15, 0.2) is 72.8 Å². The third kappa shape index (κ3) is 5.92. The maximum atomic E-state index is 12.6. The molecule has 0 atom stereocenters. The molecule has 0 aromatic heterocycles. The fourth-order valence-corrected chi connectivity index (χ4v) is 5.99. The Morgan fingerprint density at radius 3 is 2.09 bits per heavy atom. The van der Waals surface area contributed by atoms with Gasteiger partial charge in [-0.3, -0.25) is 9.59 Å². The van der Waals surface area contributed by atoms with Crippen LogP contribution in [0.25, 0.3) is 33.4 Å². The summed E-state index contributed by atoms with van der Waals surface area (Å²) in [5.41, 5.74) is 6.31. The molecule has 43 heavy (non-hydrogen) atoms. The number of carbonyl (C=O) groups is 2. The lowest BCUT2D eigenvalue weighted by atomic mass is 9.95. The Kier molecular flexibility index (Phi) is 8.54. The molecule has 0 bridgehead atoms. The van der Waals surface area contributed by atoms with Crippen LogP contribution < -0.4 is 30.3 Å². The quantitative estimate of drug-likeness (QED) is 0.204. The van der Waals surface area contributed by atoms with Gasteiger partial charge in [0.1, 0.15) is 11.5 Å². The van der Waals surface area contributed by atoms with Crippen molar-refractivity contribution in [3.63, 3.8) is 0 Å². The topological polar surface area (TPSA) is 91.9 Å². The summed E-state index contributed by atoms with van der Waals surface area (Å²) in [5.74, 6) is 0.984. The number of nitrogens with zero attached hydrogens (tertiary/aromatic N) is 1. The van der Waals surface area contributed by atoms with E-state index in [1.807, 2.05) is 79.8 Å². The van der Waals surface area contributed by atoms with Crippen molar-refractivity contribution < 1.29 is 19.1 Å². The number of hydrogen-bond donors (Lipinski definition) is 3. The molecule has 0 saturated carbocycles. The minimum atomic E-state index is -0.181. The summed E-state index contributed by atoms with van der Waals surface area (Å²) in [6.45, 7) is 2.87.